The Hall–Kier alpha value is -1.06. The van der Waals surface area contributed by atoms with Gasteiger partial charge in [0, 0.05) is 5.56 Å². The summed E-state index contributed by atoms with van der Waals surface area (Å²) in [6.07, 6.45) is -2.57. The quantitative estimate of drug-likeness (QED) is 0.727. The van der Waals surface area contributed by atoms with Crippen LogP contribution in [0.25, 0.3) is 0 Å². The maximum absolute atomic E-state index is 7.70. The second-order valence-electron chi connectivity index (χ2n) is 3.00. The molecule has 1 saturated heterocycles. The predicted octanol–water partition coefficient (Wildman–Crippen LogP) is 2.13. The first kappa shape index (κ1) is 6.43. The summed E-state index contributed by atoms with van der Waals surface area (Å²) < 4.78 is 38.2. The van der Waals surface area contributed by atoms with Gasteiger partial charge in [0.1, 0.15) is 5.75 Å². The Labute approximate surface area is 87.8 Å². The van der Waals surface area contributed by atoms with Crippen LogP contribution in [0.1, 0.15) is 22.9 Å². The van der Waals surface area contributed by atoms with Gasteiger partial charge in [0.2, 0.25) is 0 Å². The summed E-state index contributed by atoms with van der Waals surface area (Å²) in [5, 5.41) is 0. The minimum Gasteiger partial charge on any atom is -0.497 e. The lowest BCUT2D eigenvalue weighted by Gasteiger charge is -2.10. The number of methoxy groups -OCH3 is 1. The molecule has 0 spiro atoms. The van der Waals surface area contributed by atoms with E-state index >= 15 is 0 Å². The molecule has 0 amide bonds. The van der Waals surface area contributed by atoms with Crippen molar-refractivity contribution in [3.8, 4) is 5.75 Å². The average Bonchev–Trinajstić information content (AvgIpc) is 2.48. The first-order valence-corrected chi connectivity index (χ1v) is 4.35. The third-order valence-electron chi connectivity index (χ3n) is 1.98. The van der Waals surface area contributed by atoms with Crippen molar-refractivity contribution in [2.24, 2.45) is 0 Å². The molecular weight excluding hydrogens is 180 g/mol. The highest BCUT2D eigenvalue weighted by Crippen LogP contribution is 2.27. The molecule has 0 bridgehead atoms. The average molecular weight is 197 g/mol. The molecule has 0 aliphatic carbocycles. The standard InChI is InChI=1S/C11H14O3/c1-8-7-13-11(14-8)9-3-5-10(12-2)6-4-9/h3-6,8,11H,7H2,1-2H3/i7D2,8D. The van der Waals surface area contributed by atoms with Crippen LogP contribution in [0.5, 0.6) is 5.75 Å². The molecule has 1 aliphatic heterocycles. The largest absolute Gasteiger partial charge is 0.497 e. The van der Waals surface area contributed by atoms with Gasteiger partial charge in [0.05, 0.1) is 23.9 Å². The first-order chi connectivity index (χ1) is 7.86. The van der Waals surface area contributed by atoms with E-state index in [4.69, 9.17) is 18.3 Å². The zero-order valence-electron chi connectivity index (χ0n) is 11.1. The highest BCUT2D eigenvalue weighted by molar-refractivity contribution is 5.28. The van der Waals surface area contributed by atoms with Crippen LogP contribution in [-0.2, 0) is 9.47 Å². The van der Waals surface area contributed by atoms with Crippen molar-refractivity contribution in [1.29, 1.82) is 0 Å². The Kier molecular flexibility index (Phi) is 1.83. The second-order valence-corrected chi connectivity index (χ2v) is 3.00. The van der Waals surface area contributed by atoms with Gasteiger partial charge in [-0.2, -0.15) is 0 Å². The lowest BCUT2D eigenvalue weighted by Crippen LogP contribution is -2.02. The fourth-order valence-corrected chi connectivity index (χ4v) is 1.24. The van der Waals surface area contributed by atoms with Gasteiger partial charge in [-0.3, -0.25) is 0 Å². The molecule has 1 aromatic rings. The zero-order chi connectivity index (χ0) is 12.7. The van der Waals surface area contributed by atoms with Crippen LogP contribution >= 0.6 is 0 Å². The molecule has 0 radical (unpaired) electrons. The highest BCUT2D eigenvalue weighted by Gasteiger charge is 2.23. The van der Waals surface area contributed by atoms with E-state index in [1.54, 1.807) is 31.4 Å². The Balaban J connectivity index is 2.20. The topological polar surface area (TPSA) is 27.7 Å². The second kappa shape index (κ2) is 3.98. The van der Waals surface area contributed by atoms with Crippen LogP contribution in [0.4, 0.5) is 0 Å². The molecular formula is C11H14O3. The van der Waals surface area contributed by atoms with E-state index in [1.807, 2.05) is 0 Å². The number of benzene rings is 1. The van der Waals surface area contributed by atoms with Crippen molar-refractivity contribution in [2.75, 3.05) is 13.7 Å². The summed E-state index contributed by atoms with van der Waals surface area (Å²) in [4.78, 5) is 0. The number of rotatable bonds is 2. The van der Waals surface area contributed by atoms with E-state index < -0.39 is 18.9 Å². The van der Waals surface area contributed by atoms with Crippen molar-refractivity contribution >= 4 is 0 Å². The maximum Gasteiger partial charge on any atom is 0.184 e. The van der Waals surface area contributed by atoms with Gasteiger partial charge in [0.15, 0.2) is 6.29 Å². The lowest BCUT2D eigenvalue weighted by molar-refractivity contribution is -0.0572. The van der Waals surface area contributed by atoms with Crippen LogP contribution in [0.3, 0.4) is 0 Å². The molecule has 0 aromatic heterocycles. The molecule has 2 unspecified atom stereocenters. The van der Waals surface area contributed by atoms with E-state index in [0.717, 1.165) is 0 Å². The molecule has 14 heavy (non-hydrogen) atoms. The number of hydrogen-bond acceptors (Lipinski definition) is 3. The van der Waals surface area contributed by atoms with Crippen molar-refractivity contribution in [1.82, 2.24) is 0 Å². The molecule has 3 nitrogen and oxygen atoms in total. The van der Waals surface area contributed by atoms with Gasteiger partial charge in [-0.25, -0.2) is 0 Å². The van der Waals surface area contributed by atoms with Crippen molar-refractivity contribution in [2.45, 2.75) is 19.3 Å². The Morgan fingerprint density at radius 1 is 1.50 bits per heavy atom. The number of hydrogen-bond donors (Lipinski definition) is 0. The van der Waals surface area contributed by atoms with E-state index in [9.17, 15) is 0 Å². The Morgan fingerprint density at radius 2 is 2.21 bits per heavy atom. The van der Waals surface area contributed by atoms with Crippen LogP contribution in [0.2, 0.25) is 0 Å². The molecule has 1 aromatic carbocycles. The third kappa shape index (κ3) is 1.89. The third-order valence-corrected chi connectivity index (χ3v) is 1.98. The zero-order valence-corrected chi connectivity index (χ0v) is 8.11. The van der Waals surface area contributed by atoms with Crippen LogP contribution in [0.15, 0.2) is 24.3 Å². The molecule has 0 N–H and O–H groups in total. The normalized spacial score (nSPS) is 38.4. The maximum atomic E-state index is 7.70. The summed E-state index contributed by atoms with van der Waals surface area (Å²) in [5.74, 6) is 0.698. The number of ether oxygens (including phenoxy) is 3. The fraction of sp³-hybridized carbons (Fsp3) is 0.455. The first-order valence-electron chi connectivity index (χ1n) is 5.85. The van der Waals surface area contributed by atoms with Gasteiger partial charge in [-0.1, -0.05) is 12.1 Å². The summed E-state index contributed by atoms with van der Waals surface area (Å²) in [6, 6.07) is 6.91. The van der Waals surface area contributed by atoms with Gasteiger partial charge in [-0.15, -0.1) is 0 Å². The van der Waals surface area contributed by atoms with Crippen LogP contribution in [0, 0.1) is 0 Å². The predicted molar refractivity (Wildman–Crippen MR) is 52.2 cm³/mol. The lowest BCUT2D eigenvalue weighted by atomic mass is 10.2. The SMILES string of the molecule is [2H]C1([2H])OC(c2ccc(OC)cc2)OC1([2H])C. The van der Waals surface area contributed by atoms with Crippen LogP contribution < -0.4 is 4.74 Å². The van der Waals surface area contributed by atoms with Gasteiger partial charge in [-0.05, 0) is 19.1 Å². The molecule has 3 heteroatoms. The Morgan fingerprint density at radius 3 is 2.71 bits per heavy atom. The van der Waals surface area contributed by atoms with E-state index in [1.165, 1.54) is 6.92 Å². The summed E-state index contributed by atoms with van der Waals surface area (Å²) in [7, 11) is 1.57. The fourth-order valence-electron chi connectivity index (χ4n) is 1.24. The highest BCUT2D eigenvalue weighted by atomic mass is 16.7. The van der Waals surface area contributed by atoms with Gasteiger partial charge < -0.3 is 14.2 Å². The van der Waals surface area contributed by atoms with E-state index in [0.29, 0.717) is 11.3 Å². The summed E-state index contributed by atoms with van der Waals surface area (Å²) in [5.41, 5.74) is 0.658. The molecule has 1 aliphatic rings. The monoisotopic (exact) mass is 197 g/mol. The van der Waals surface area contributed by atoms with Gasteiger partial charge in [0.25, 0.3) is 0 Å². The van der Waals surface area contributed by atoms with Crippen molar-refractivity contribution in [3.63, 3.8) is 0 Å². The molecule has 1 heterocycles. The van der Waals surface area contributed by atoms with Crippen LogP contribution in [-0.4, -0.2) is 19.7 Å². The van der Waals surface area contributed by atoms with Gasteiger partial charge >= 0.3 is 0 Å². The van der Waals surface area contributed by atoms with E-state index in [-0.39, 0.29) is 0 Å². The Bertz CT molecular complexity index is 387. The molecule has 1 fully saturated rings. The molecule has 2 atom stereocenters. The molecule has 76 valence electrons. The summed E-state index contributed by atoms with van der Waals surface area (Å²) in [6.45, 7) is -0.784. The van der Waals surface area contributed by atoms with Crippen molar-refractivity contribution in [3.05, 3.63) is 29.8 Å². The summed E-state index contributed by atoms with van der Waals surface area (Å²) >= 11 is 0. The smallest absolute Gasteiger partial charge is 0.184 e. The van der Waals surface area contributed by atoms with Crippen molar-refractivity contribution < 1.29 is 18.3 Å². The minimum atomic E-state index is -2.13. The molecule has 0 saturated carbocycles. The van der Waals surface area contributed by atoms with E-state index in [2.05, 4.69) is 0 Å². The minimum absolute atomic E-state index is 0.658. The molecule has 2 rings (SSSR count).